The first-order chi connectivity index (χ1) is 12.9. The molecule has 3 rings (SSSR count). The molecule has 0 aliphatic carbocycles. The number of ether oxygens (including phenoxy) is 1. The van der Waals surface area contributed by atoms with Gasteiger partial charge in [0.25, 0.3) is 5.91 Å². The van der Waals surface area contributed by atoms with Gasteiger partial charge in [-0.15, -0.1) is 0 Å². The number of pyridine rings is 1. The molecule has 5 nitrogen and oxygen atoms in total. The summed E-state index contributed by atoms with van der Waals surface area (Å²) in [5.41, 5.74) is 1.27. The van der Waals surface area contributed by atoms with Gasteiger partial charge in [0.2, 0.25) is 0 Å². The first-order valence-electron chi connectivity index (χ1n) is 7.91. The lowest BCUT2D eigenvalue weighted by molar-refractivity contribution is 0.0975. The lowest BCUT2D eigenvalue weighted by atomic mass is 10.1. The summed E-state index contributed by atoms with van der Waals surface area (Å²) < 4.78 is 7.23. The Kier molecular flexibility index (Phi) is 6.28. The van der Waals surface area contributed by atoms with Crippen LogP contribution in [-0.4, -0.2) is 23.1 Å². The van der Waals surface area contributed by atoms with Crippen LogP contribution in [0.4, 0.5) is 5.82 Å². The molecule has 1 heterocycles. The molecule has 0 bridgehead atoms. The molecule has 2 aromatic carbocycles. The first-order valence-corrected chi connectivity index (χ1v) is 10.2. The Morgan fingerprint density at radius 2 is 2.00 bits per heavy atom. The molecule has 1 aromatic heterocycles. The molecular formula is C19H15BrIN3O2S. The van der Waals surface area contributed by atoms with Crippen molar-refractivity contribution >= 4 is 78.3 Å². The number of thiocarbonyl (C=S) groups is 1. The molecule has 0 saturated heterocycles. The van der Waals surface area contributed by atoms with E-state index in [9.17, 15) is 4.79 Å². The van der Waals surface area contributed by atoms with Crippen molar-refractivity contribution in [1.82, 2.24) is 10.3 Å². The Hall–Kier alpha value is -1.78. The number of carbonyl (C=O) groups excluding carboxylic acids is 1. The van der Waals surface area contributed by atoms with E-state index in [1.807, 2.05) is 37.3 Å². The van der Waals surface area contributed by atoms with E-state index < -0.39 is 0 Å². The minimum Gasteiger partial charge on any atom is -0.495 e. The van der Waals surface area contributed by atoms with Crippen molar-refractivity contribution < 1.29 is 9.53 Å². The van der Waals surface area contributed by atoms with E-state index >= 15 is 0 Å². The van der Waals surface area contributed by atoms with Gasteiger partial charge in [-0.05, 0) is 86.6 Å². The smallest absolute Gasteiger partial charge is 0.261 e. The fourth-order valence-electron chi connectivity index (χ4n) is 2.58. The highest BCUT2D eigenvalue weighted by Gasteiger charge is 2.19. The van der Waals surface area contributed by atoms with Gasteiger partial charge < -0.3 is 10.1 Å². The van der Waals surface area contributed by atoms with Crippen molar-refractivity contribution in [2.45, 2.75) is 6.92 Å². The zero-order valence-electron chi connectivity index (χ0n) is 14.5. The summed E-state index contributed by atoms with van der Waals surface area (Å²) in [6, 6.07) is 13.3. The highest BCUT2D eigenvalue weighted by molar-refractivity contribution is 14.1. The number of methoxy groups -OCH3 is 1. The van der Waals surface area contributed by atoms with E-state index in [0.29, 0.717) is 17.1 Å². The number of halogens is 2. The number of nitrogens with zero attached hydrogens (tertiary/aromatic N) is 1. The quantitative estimate of drug-likeness (QED) is 0.350. The van der Waals surface area contributed by atoms with Crippen LogP contribution in [0.1, 0.15) is 16.1 Å². The normalized spacial score (nSPS) is 10.5. The summed E-state index contributed by atoms with van der Waals surface area (Å²) in [7, 11) is 1.53. The number of aryl methyl sites for hydroxylation is 1. The van der Waals surface area contributed by atoms with Crippen molar-refractivity contribution in [3.63, 3.8) is 0 Å². The summed E-state index contributed by atoms with van der Waals surface area (Å²) in [6.07, 6.45) is 0. The van der Waals surface area contributed by atoms with Gasteiger partial charge in [-0.25, -0.2) is 4.98 Å². The molecule has 0 atom stereocenters. The molecule has 0 radical (unpaired) electrons. The van der Waals surface area contributed by atoms with Crippen LogP contribution < -0.4 is 15.4 Å². The number of amides is 1. The maximum atomic E-state index is 12.8. The molecule has 0 spiro atoms. The van der Waals surface area contributed by atoms with Crippen LogP contribution in [0.3, 0.4) is 0 Å². The van der Waals surface area contributed by atoms with Gasteiger partial charge in [0.1, 0.15) is 11.6 Å². The molecule has 3 aromatic rings. The van der Waals surface area contributed by atoms with Crippen LogP contribution in [0.2, 0.25) is 0 Å². The van der Waals surface area contributed by atoms with E-state index in [1.165, 1.54) is 7.11 Å². The van der Waals surface area contributed by atoms with Crippen molar-refractivity contribution in [2.75, 3.05) is 12.4 Å². The first kappa shape index (κ1) is 20.0. The summed E-state index contributed by atoms with van der Waals surface area (Å²) in [6.45, 7) is 1.91. The number of hydrogen-bond acceptors (Lipinski definition) is 4. The number of anilines is 1. The third-order valence-corrected chi connectivity index (χ3v) is 6.01. The van der Waals surface area contributed by atoms with Gasteiger partial charge in [-0.3, -0.25) is 10.1 Å². The Morgan fingerprint density at radius 3 is 2.70 bits per heavy atom. The van der Waals surface area contributed by atoms with Gasteiger partial charge in [-0.1, -0.05) is 24.3 Å². The number of rotatable bonds is 3. The molecule has 0 aliphatic rings. The molecule has 0 fully saturated rings. The lowest BCUT2D eigenvalue weighted by Gasteiger charge is -2.14. The molecule has 8 heteroatoms. The standard InChI is InChI=1S/C19H15BrIN3O2S/c1-10-14(21)7-8-15(22-10)23-19(27)24-18(25)13-9-11-5-3-4-6-12(11)16(20)17(13)26-2/h3-9H,1-2H3,(H2,22,23,24,25,27). The number of aromatic nitrogens is 1. The van der Waals surface area contributed by atoms with Crippen molar-refractivity contribution in [3.8, 4) is 5.75 Å². The number of benzene rings is 2. The Bertz CT molecular complexity index is 1060. The van der Waals surface area contributed by atoms with Crippen LogP contribution >= 0.6 is 50.7 Å². The predicted octanol–water partition coefficient (Wildman–Crippen LogP) is 5.05. The van der Waals surface area contributed by atoms with Gasteiger partial charge in [0.05, 0.1) is 22.8 Å². The zero-order chi connectivity index (χ0) is 19.6. The molecule has 1 amide bonds. The minimum absolute atomic E-state index is 0.166. The van der Waals surface area contributed by atoms with E-state index in [0.717, 1.165) is 24.5 Å². The molecule has 0 unspecified atom stereocenters. The van der Waals surface area contributed by atoms with Gasteiger partial charge >= 0.3 is 0 Å². The van der Waals surface area contributed by atoms with Gasteiger partial charge in [0, 0.05) is 3.57 Å². The summed E-state index contributed by atoms with van der Waals surface area (Å²) in [4.78, 5) is 17.2. The summed E-state index contributed by atoms with van der Waals surface area (Å²) in [5.74, 6) is 0.667. The van der Waals surface area contributed by atoms with E-state index in [-0.39, 0.29) is 11.0 Å². The Labute approximate surface area is 184 Å². The second-order valence-corrected chi connectivity index (χ2v) is 8.03. The topological polar surface area (TPSA) is 63.2 Å². The summed E-state index contributed by atoms with van der Waals surface area (Å²) in [5, 5.41) is 7.67. The van der Waals surface area contributed by atoms with Crippen molar-refractivity contribution in [1.29, 1.82) is 0 Å². The van der Waals surface area contributed by atoms with E-state index in [1.54, 1.807) is 12.1 Å². The zero-order valence-corrected chi connectivity index (χ0v) is 19.0. The fourth-order valence-corrected chi connectivity index (χ4v) is 3.82. The molecule has 138 valence electrons. The molecule has 27 heavy (non-hydrogen) atoms. The largest absolute Gasteiger partial charge is 0.495 e. The SMILES string of the molecule is COc1c(C(=O)NC(=S)Nc2ccc(I)c(C)n2)cc2ccccc2c1Br. The Morgan fingerprint density at radius 1 is 1.26 bits per heavy atom. The second-order valence-electron chi connectivity index (χ2n) is 5.66. The van der Waals surface area contributed by atoms with Crippen molar-refractivity contribution in [3.05, 3.63) is 61.8 Å². The minimum atomic E-state index is -0.363. The monoisotopic (exact) mass is 555 g/mol. The second kappa shape index (κ2) is 8.49. The highest BCUT2D eigenvalue weighted by Crippen LogP contribution is 2.36. The fraction of sp³-hybridized carbons (Fsp3) is 0.105. The molecule has 0 saturated carbocycles. The van der Waals surface area contributed by atoms with Crippen LogP contribution in [0.15, 0.2) is 46.9 Å². The lowest BCUT2D eigenvalue weighted by Crippen LogP contribution is -2.34. The van der Waals surface area contributed by atoms with Gasteiger partial charge in [0.15, 0.2) is 5.11 Å². The average molecular weight is 556 g/mol. The van der Waals surface area contributed by atoms with Crippen molar-refractivity contribution in [2.24, 2.45) is 0 Å². The highest BCUT2D eigenvalue weighted by atomic mass is 127. The van der Waals surface area contributed by atoms with E-state index in [2.05, 4.69) is 54.1 Å². The number of hydrogen-bond donors (Lipinski definition) is 2. The number of carbonyl (C=O) groups is 1. The maximum Gasteiger partial charge on any atom is 0.261 e. The average Bonchev–Trinajstić information content (AvgIpc) is 2.64. The van der Waals surface area contributed by atoms with Crippen LogP contribution in [0.5, 0.6) is 5.75 Å². The van der Waals surface area contributed by atoms with Crippen LogP contribution in [-0.2, 0) is 0 Å². The molecule has 0 aliphatic heterocycles. The third-order valence-electron chi connectivity index (χ3n) is 3.88. The number of nitrogens with one attached hydrogen (secondary N) is 2. The van der Waals surface area contributed by atoms with Gasteiger partial charge in [-0.2, -0.15) is 0 Å². The third kappa shape index (κ3) is 4.39. The van der Waals surface area contributed by atoms with Crippen LogP contribution in [0, 0.1) is 10.5 Å². The van der Waals surface area contributed by atoms with Crippen LogP contribution in [0.25, 0.3) is 10.8 Å². The number of fused-ring (bicyclic) bond motifs is 1. The maximum absolute atomic E-state index is 12.8. The predicted molar refractivity (Wildman–Crippen MR) is 124 cm³/mol. The molecular weight excluding hydrogens is 541 g/mol. The Balaban J connectivity index is 1.85. The van der Waals surface area contributed by atoms with E-state index in [4.69, 9.17) is 17.0 Å². The molecule has 2 N–H and O–H groups in total. The summed E-state index contributed by atoms with van der Waals surface area (Å²) >= 11 is 11.0.